The van der Waals surface area contributed by atoms with Crippen LogP contribution in [0.5, 0.6) is 0 Å². The Labute approximate surface area is 78.8 Å². The summed E-state index contributed by atoms with van der Waals surface area (Å²) in [6.07, 6.45) is 0. The highest BCUT2D eigenvalue weighted by atomic mass is 127. The van der Waals surface area contributed by atoms with Gasteiger partial charge in [0, 0.05) is 0 Å². The van der Waals surface area contributed by atoms with Gasteiger partial charge in [-0.15, -0.1) is 0 Å². The van der Waals surface area contributed by atoms with E-state index in [0.717, 1.165) is 0 Å². The standard InChI is InChI=1S/C4H4I2O3S/c7-10(8,9)4-3-5-1-2-6-4/h1-3H,(H,7,8,9). The molecule has 0 saturated carbocycles. The van der Waals surface area contributed by atoms with Crippen LogP contribution in [0.4, 0.5) is 0 Å². The molecule has 0 radical (unpaired) electrons. The largest absolute Gasteiger partial charge is 0.300 e. The van der Waals surface area contributed by atoms with Crippen LogP contribution in [-0.2, 0) is 10.1 Å². The van der Waals surface area contributed by atoms with Gasteiger partial charge < -0.3 is 0 Å². The van der Waals surface area contributed by atoms with E-state index in [9.17, 15) is 8.42 Å². The smallest absolute Gasteiger partial charge is 0.281 e. The van der Waals surface area contributed by atoms with Gasteiger partial charge in [0.05, 0.1) is 0 Å². The molecular formula is C4H4I2O3S. The summed E-state index contributed by atoms with van der Waals surface area (Å²) in [5, 5.41) is 0. The molecule has 58 valence electrons. The van der Waals surface area contributed by atoms with Crippen molar-refractivity contribution in [1.82, 2.24) is 0 Å². The number of halogens is 2. The fraction of sp³-hybridized carbons (Fsp3) is 0. The Balaban J connectivity index is 3.08. The van der Waals surface area contributed by atoms with Crippen molar-refractivity contribution in [2.75, 3.05) is 0 Å². The molecule has 0 aromatic heterocycles. The van der Waals surface area contributed by atoms with Gasteiger partial charge in [-0.3, -0.25) is 4.55 Å². The Bertz CT molecular complexity index is 311. The lowest BCUT2D eigenvalue weighted by atomic mass is 11.0. The zero-order chi connectivity index (χ0) is 7.61. The molecule has 6 heteroatoms. The van der Waals surface area contributed by atoms with Gasteiger partial charge >= 0.3 is 0 Å². The molecule has 0 bridgehead atoms. The third kappa shape index (κ3) is 2.47. The van der Waals surface area contributed by atoms with Gasteiger partial charge in [0.1, 0.15) is 2.84 Å². The third-order valence-electron chi connectivity index (χ3n) is 0.686. The molecule has 0 saturated heterocycles. The summed E-state index contributed by atoms with van der Waals surface area (Å²) >= 11 is -0.817. The average molecular weight is 386 g/mol. The summed E-state index contributed by atoms with van der Waals surface area (Å²) < 4.78 is 35.4. The normalized spacial score (nSPS) is 18.7. The summed E-state index contributed by atoms with van der Waals surface area (Å²) in [7, 11) is -3.84. The van der Waals surface area contributed by atoms with Crippen LogP contribution in [0.2, 0.25) is 0 Å². The van der Waals surface area contributed by atoms with Crippen molar-refractivity contribution in [2.24, 2.45) is 0 Å². The van der Waals surface area contributed by atoms with E-state index in [1.807, 2.05) is 8.17 Å². The van der Waals surface area contributed by atoms with Crippen LogP contribution in [0.25, 0.3) is 0 Å². The minimum atomic E-state index is -3.84. The third-order valence-corrected chi connectivity index (χ3v) is 9.96. The van der Waals surface area contributed by atoms with Crippen molar-refractivity contribution in [3.8, 4) is 0 Å². The molecule has 1 heterocycles. The Kier molecular flexibility index (Phi) is 3.13. The van der Waals surface area contributed by atoms with Gasteiger partial charge in [-0.05, 0) is 12.2 Å². The number of hydrogen-bond acceptors (Lipinski definition) is 2. The first-order valence-electron chi connectivity index (χ1n) is 2.19. The first-order chi connectivity index (χ1) is 4.61. The second kappa shape index (κ2) is 3.50. The van der Waals surface area contributed by atoms with Crippen molar-refractivity contribution in [3.63, 3.8) is 0 Å². The van der Waals surface area contributed by atoms with E-state index in [2.05, 4.69) is 0 Å². The molecule has 0 aromatic carbocycles. The predicted molar refractivity (Wildman–Crippen MR) is 59.8 cm³/mol. The van der Waals surface area contributed by atoms with Crippen LogP contribution in [0.3, 0.4) is 0 Å². The highest BCUT2D eigenvalue weighted by Crippen LogP contribution is 2.16. The lowest BCUT2D eigenvalue weighted by molar-refractivity contribution is 0.499. The Morgan fingerprint density at radius 2 is 2.10 bits per heavy atom. The highest BCUT2D eigenvalue weighted by Gasteiger charge is 2.10. The minimum Gasteiger partial charge on any atom is -0.281 e. The molecule has 0 unspecified atom stereocenters. The summed E-state index contributed by atoms with van der Waals surface area (Å²) in [6.45, 7) is 0. The molecule has 10 heavy (non-hydrogen) atoms. The zero-order valence-corrected chi connectivity index (χ0v) is 9.79. The molecule has 0 aromatic rings. The topological polar surface area (TPSA) is 54.4 Å². The molecule has 1 N–H and O–H groups in total. The van der Waals surface area contributed by atoms with E-state index >= 15 is 0 Å². The van der Waals surface area contributed by atoms with Crippen molar-refractivity contribution >= 4 is 58.4 Å². The summed E-state index contributed by atoms with van der Waals surface area (Å²) in [6, 6.07) is 0. The minimum absolute atomic E-state index is 0.246. The van der Waals surface area contributed by atoms with Gasteiger partial charge in [0.2, 0.25) is 0 Å². The first kappa shape index (κ1) is 8.94. The van der Waals surface area contributed by atoms with Crippen molar-refractivity contribution in [2.45, 2.75) is 0 Å². The van der Waals surface area contributed by atoms with E-state index in [4.69, 9.17) is 4.55 Å². The monoisotopic (exact) mass is 386 g/mol. The maximum Gasteiger partial charge on any atom is 0.300 e. The van der Waals surface area contributed by atoms with E-state index in [0.29, 0.717) is 0 Å². The van der Waals surface area contributed by atoms with E-state index in [1.54, 1.807) is 4.01 Å². The van der Waals surface area contributed by atoms with Crippen LogP contribution >= 0.6 is 41.5 Å². The van der Waals surface area contributed by atoms with E-state index in [-0.39, 0.29) is 23.6 Å². The Morgan fingerprint density at radius 1 is 1.40 bits per heavy atom. The van der Waals surface area contributed by atoms with Crippen LogP contribution in [0, 0.1) is 0 Å². The molecule has 1 rings (SSSR count). The van der Waals surface area contributed by atoms with Gasteiger partial charge in [0.25, 0.3) is 10.1 Å². The molecule has 0 amide bonds. The second-order valence-corrected chi connectivity index (χ2v) is 8.06. The van der Waals surface area contributed by atoms with Crippen molar-refractivity contribution in [1.29, 1.82) is 0 Å². The SMILES string of the molecule is O=S(=O)(O)C1=IC=CI=C1. The molecule has 0 spiro atoms. The van der Waals surface area contributed by atoms with Crippen LogP contribution in [0.1, 0.15) is 0 Å². The van der Waals surface area contributed by atoms with Gasteiger partial charge in [-0.2, -0.15) is 8.42 Å². The van der Waals surface area contributed by atoms with Crippen LogP contribution in [0.15, 0.2) is 8.17 Å². The quantitative estimate of drug-likeness (QED) is 0.545. The fourth-order valence-corrected chi connectivity index (χ4v) is 8.24. The van der Waals surface area contributed by atoms with Crippen LogP contribution < -0.4 is 0 Å². The van der Waals surface area contributed by atoms with E-state index in [1.165, 1.54) is 0 Å². The van der Waals surface area contributed by atoms with Gasteiger partial charge in [0.15, 0.2) is 0 Å². The lowest BCUT2D eigenvalue weighted by Gasteiger charge is -1.95. The maximum absolute atomic E-state index is 10.5. The second-order valence-electron chi connectivity index (χ2n) is 1.38. The van der Waals surface area contributed by atoms with Crippen LogP contribution in [-0.4, -0.2) is 19.8 Å². The number of rotatable bonds is 1. The molecule has 3 nitrogen and oxygen atoms in total. The summed E-state index contributed by atoms with van der Waals surface area (Å²) in [5.74, 6) is 0. The molecule has 1 aliphatic rings. The maximum atomic E-state index is 10.5. The average Bonchev–Trinajstić information content (AvgIpc) is 1.88. The Hall–Kier alpha value is 0.850. The zero-order valence-electron chi connectivity index (χ0n) is 4.66. The highest BCUT2D eigenvalue weighted by molar-refractivity contribution is 14.2. The molecular weight excluding hydrogens is 382 g/mol. The van der Waals surface area contributed by atoms with Crippen molar-refractivity contribution in [3.05, 3.63) is 8.17 Å². The fourth-order valence-electron chi connectivity index (χ4n) is 0.336. The van der Waals surface area contributed by atoms with Crippen molar-refractivity contribution < 1.29 is 13.0 Å². The summed E-state index contributed by atoms with van der Waals surface area (Å²) in [4.78, 5) is 0. The molecule has 0 atom stereocenters. The molecule has 1 aliphatic heterocycles. The first-order valence-corrected chi connectivity index (χ1v) is 8.44. The number of hydrogen-bond donors (Lipinski definition) is 1. The van der Waals surface area contributed by atoms with Gasteiger partial charge in [-0.25, -0.2) is 0 Å². The van der Waals surface area contributed by atoms with Gasteiger partial charge in [-0.1, -0.05) is 41.5 Å². The molecule has 0 fully saturated rings. The molecule has 0 aliphatic carbocycles. The predicted octanol–water partition coefficient (Wildman–Crippen LogP) is 1.23. The Morgan fingerprint density at radius 3 is 2.40 bits per heavy atom. The lowest BCUT2D eigenvalue weighted by Crippen LogP contribution is -2.11. The van der Waals surface area contributed by atoms with E-state index < -0.39 is 30.8 Å². The summed E-state index contributed by atoms with van der Waals surface area (Å²) in [5.41, 5.74) is 0.